The third kappa shape index (κ3) is 3.44. The van der Waals surface area contributed by atoms with Crippen LogP contribution >= 0.6 is 11.3 Å². The molecule has 2 heterocycles. The molecule has 3 rings (SSSR count). The monoisotopic (exact) mass is 362 g/mol. The van der Waals surface area contributed by atoms with Crippen LogP contribution in [0.2, 0.25) is 0 Å². The molecule has 5 nitrogen and oxygen atoms in total. The van der Waals surface area contributed by atoms with Crippen molar-refractivity contribution in [1.29, 1.82) is 5.26 Å². The van der Waals surface area contributed by atoms with Crippen LogP contribution in [0.25, 0.3) is 11.8 Å². The molecule has 3 aromatic rings. The number of rotatable bonds is 4. The summed E-state index contributed by atoms with van der Waals surface area (Å²) >= 11 is 1.31. The zero-order chi connectivity index (χ0) is 18.7. The molecule has 0 fully saturated rings. The molecule has 26 heavy (non-hydrogen) atoms. The van der Waals surface area contributed by atoms with Gasteiger partial charge in [0.25, 0.3) is 5.91 Å². The summed E-state index contributed by atoms with van der Waals surface area (Å²) in [7, 11) is 0. The van der Waals surface area contributed by atoms with Gasteiger partial charge in [-0.1, -0.05) is 18.2 Å². The number of benzene rings is 1. The van der Waals surface area contributed by atoms with Gasteiger partial charge in [0.05, 0.1) is 0 Å². The minimum Gasteiger partial charge on any atom is -0.318 e. The number of carbonyl (C=O) groups excluding carboxylic acids is 1. The first-order chi connectivity index (χ1) is 12.5. The number of para-hydroxylation sites is 1. The van der Waals surface area contributed by atoms with Gasteiger partial charge in [0.2, 0.25) is 0 Å². The lowest BCUT2D eigenvalue weighted by molar-refractivity contribution is -0.112. The average Bonchev–Trinajstić information content (AvgIpc) is 3.22. The van der Waals surface area contributed by atoms with Crippen molar-refractivity contribution in [2.75, 3.05) is 5.32 Å². The molecule has 1 N–H and O–H groups in total. The highest BCUT2D eigenvalue weighted by Gasteiger charge is 2.15. The smallest absolute Gasteiger partial charge is 0.268 e. The van der Waals surface area contributed by atoms with Gasteiger partial charge in [-0.2, -0.15) is 5.26 Å². The van der Waals surface area contributed by atoms with Crippen molar-refractivity contribution in [1.82, 2.24) is 9.55 Å². The maximum absolute atomic E-state index is 12.3. The number of thiazole rings is 1. The number of nitriles is 1. The third-order valence-corrected chi connectivity index (χ3v) is 4.83. The largest absolute Gasteiger partial charge is 0.318 e. The lowest BCUT2D eigenvalue weighted by atomic mass is 10.1. The molecule has 2 aromatic heterocycles. The van der Waals surface area contributed by atoms with E-state index in [0.29, 0.717) is 5.13 Å². The summed E-state index contributed by atoms with van der Waals surface area (Å²) in [5.41, 5.74) is 5.16. The molecule has 1 amide bonds. The summed E-state index contributed by atoms with van der Waals surface area (Å²) in [6.45, 7) is 6.06. The van der Waals surface area contributed by atoms with Crippen molar-refractivity contribution in [3.63, 3.8) is 0 Å². The molecule has 0 saturated heterocycles. The molecular formula is C20H18N4OS. The van der Waals surface area contributed by atoms with Gasteiger partial charge in [0.1, 0.15) is 11.6 Å². The standard InChI is InChI=1S/C20H18N4OS/c1-13-6-4-5-7-18(13)24-14(2)10-16(15(24)3)11-17(12-21)19(25)23-20-22-8-9-26-20/h4-11H,1-3H3,(H,22,23,25)/b17-11-. The van der Waals surface area contributed by atoms with Crippen LogP contribution in [0.3, 0.4) is 0 Å². The Kier molecular flexibility index (Phi) is 5.01. The Hall–Kier alpha value is -3.17. The first-order valence-corrected chi connectivity index (χ1v) is 8.97. The van der Waals surface area contributed by atoms with Gasteiger partial charge < -0.3 is 4.57 Å². The number of amides is 1. The predicted molar refractivity (Wildman–Crippen MR) is 104 cm³/mol. The van der Waals surface area contributed by atoms with E-state index in [9.17, 15) is 10.1 Å². The van der Waals surface area contributed by atoms with E-state index in [2.05, 4.69) is 33.9 Å². The Balaban J connectivity index is 1.98. The second kappa shape index (κ2) is 7.38. The fraction of sp³-hybridized carbons (Fsp3) is 0.150. The molecule has 0 saturated carbocycles. The normalized spacial score (nSPS) is 11.2. The zero-order valence-corrected chi connectivity index (χ0v) is 15.6. The number of hydrogen-bond donors (Lipinski definition) is 1. The number of aryl methyl sites for hydroxylation is 2. The molecule has 0 atom stereocenters. The maximum atomic E-state index is 12.3. The molecule has 0 aliphatic rings. The molecular weight excluding hydrogens is 344 g/mol. The quantitative estimate of drug-likeness (QED) is 0.552. The van der Waals surface area contributed by atoms with Crippen molar-refractivity contribution < 1.29 is 4.79 Å². The summed E-state index contributed by atoms with van der Waals surface area (Å²) in [6.07, 6.45) is 3.23. The average molecular weight is 362 g/mol. The highest BCUT2D eigenvalue weighted by Crippen LogP contribution is 2.25. The maximum Gasteiger partial charge on any atom is 0.268 e. The van der Waals surface area contributed by atoms with E-state index in [4.69, 9.17) is 0 Å². The molecule has 6 heteroatoms. The Morgan fingerprint density at radius 2 is 2.08 bits per heavy atom. The van der Waals surface area contributed by atoms with Crippen LogP contribution in [0.4, 0.5) is 5.13 Å². The van der Waals surface area contributed by atoms with Crippen LogP contribution in [-0.2, 0) is 4.79 Å². The number of anilines is 1. The highest BCUT2D eigenvalue weighted by atomic mass is 32.1. The number of nitrogens with one attached hydrogen (secondary N) is 1. The van der Waals surface area contributed by atoms with Crippen molar-refractivity contribution in [2.24, 2.45) is 0 Å². The summed E-state index contributed by atoms with van der Waals surface area (Å²) in [5, 5.41) is 14.3. The molecule has 0 radical (unpaired) electrons. The van der Waals surface area contributed by atoms with E-state index in [0.717, 1.165) is 28.2 Å². The number of hydrogen-bond acceptors (Lipinski definition) is 4. The van der Waals surface area contributed by atoms with Gasteiger partial charge in [-0.3, -0.25) is 10.1 Å². The van der Waals surface area contributed by atoms with Crippen LogP contribution in [0.1, 0.15) is 22.5 Å². The van der Waals surface area contributed by atoms with Crippen molar-refractivity contribution >= 4 is 28.5 Å². The Morgan fingerprint density at radius 1 is 1.31 bits per heavy atom. The molecule has 0 bridgehead atoms. The van der Waals surface area contributed by atoms with E-state index in [-0.39, 0.29) is 5.57 Å². The van der Waals surface area contributed by atoms with Crippen molar-refractivity contribution in [2.45, 2.75) is 20.8 Å². The topological polar surface area (TPSA) is 70.7 Å². The highest BCUT2D eigenvalue weighted by molar-refractivity contribution is 7.13. The lowest BCUT2D eigenvalue weighted by Gasteiger charge is -2.12. The molecule has 130 valence electrons. The van der Waals surface area contributed by atoms with Gasteiger partial charge >= 0.3 is 0 Å². The van der Waals surface area contributed by atoms with E-state index < -0.39 is 5.91 Å². The summed E-state index contributed by atoms with van der Waals surface area (Å²) in [6, 6.07) is 12.1. The van der Waals surface area contributed by atoms with Crippen LogP contribution in [0.5, 0.6) is 0 Å². The Labute approximate surface area is 156 Å². The first kappa shape index (κ1) is 17.6. The molecule has 0 aliphatic carbocycles. The second-order valence-electron chi connectivity index (χ2n) is 5.91. The summed E-state index contributed by atoms with van der Waals surface area (Å²) < 4.78 is 2.13. The lowest BCUT2D eigenvalue weighted by Crippen LogP contribution is -2.13. The number of carbonyl (C=O) groups is 1. The van der Waals surface area contributed by atoms with Crippen LogP contribution in [0.15, 0.2) is 47.5 Å². The molecule has 0 spiro atoms. The summed E-state index contributed by atoms with van der Waals surface area (Å²) in [4.78, 5) is 16.3. The van der Waals surface area contributed by atoms with Crippen LogP contribution in [-0.4, -0.2) is 15.5 Å². The van der Waals surface area contributed by atoms with E-state index in [1.807, 2.05) is 38.1 Å². The van der Waals surface area contributed by atoms with Crippen molar-refractivity contribution in [3.05, 3.63) is 70.0 Å². The Morgan fingerprint density at radius 3 is 2.73 bits per heavy atom. The van der Waals surface area contributed by atoms with Crippen LogP contribution in [0, 0.1) is 32.1 Å². The zero-order valence-electron chi connectivity index (χ0n) is 14.8. The van der Waals surface area contributed by atoms with Gasteiger partial charge in [0, 0.05) is 28.7 Å². The second-order valence-corrected chi connectivity index (χ2v) is 6.80. The van der Waals surface area contributed by atoms with E-state index >= 15 is 0 Å². The molecule has 0 aliphatic heterocycles. The first-order valence-electron chi connectivity index (χ1n) is 8.09. The fourth-order valence-electron chi connectivity index (χ4n) is 2.87. The summed E-state index contributed by atoms with van der Waals surface area (Å²) in [5.74, 6) is -0.455. The number of nitrogens with zero attached hydrogens (tertiary/aromatic N) is 3. The molecule has 0 unspecified atom stereocenters. The minimum atomic E-state index is -0.455. The van der Waals surface area contributed by atoms with Crippen LogP contribution < -0.4 is 5.32 Å². The Bertz CT molecular complexity index is 1020. The predicted octanol–water partition coefficient (Wildman–Crippen LogP) is 4.40. The SMILES string of the molecule is Cc1ccccc1-n1c(C)cc(/C=C(/C#N)C(=O)Nc2nccs2)c1C. The minimum absolute atomic E-state index is 0.0465. The van der Waals surface area contributed by atoms with Gasteiger partial charge in [0.15, 0.2) is 5.13 Å². The van der Waals surface area contributed by atoms with Gasteiger partial charge in [-0.05, 0) is 50.1 Å². The van der Waals surface area contributed by atoms with Gasteiger partial charge in [-0.25, -0.2) is 4.98 Å². The fourth-order valence-corrected chi connectivity index (χ4v) is 3.40. The van der Waals surface area contributed by atoms with E-state index in [1.54, 1.807) is 17.7 Å². The number of aromatic nitrogens is 2. The molecule has 1 aromatic carbocycles. The third-order valence-electron chi connectivity index (χ3n) is 4.14. The van der Waals surface area contributed by atoms with Crippen molar-refractivity contribution in [3.8, 4) is 11.8 Å². The van der Waals surface area contributed by atoms with E-state index in [1.165, 1.54) is 11.3 Å². The van der Waals surface area contributed by atoms with Gasteiger partial charge in [-0.15, -0.1) is 11.3 Å².